The molecule has 0 saturated heterocycles. The largest absolute Gasteiger partial charge is 0.479 e. The quantitative estimate of drug-likeness (QED) is 0.840. The number of carboxylic acid groups (broad SMARTS) is 1. The molecule has 2 N–H and O–H groups in total. The Morgan fingerprint density at radius 2 is 1.95 bits per heavy atom. The van der Waals surface area contributed by atoms with Crippen LogP contribution >= 0.6 is 0 Å². The van der Waals surface area contributed by atoms with Crippen molar-refractivity contribution in [2.24, 2.45) is 0 Å². The van der Waals surface area contributed by atoms with Crippen LogP contribution < -0.4 is 5.32 Å². The van der Waals surface area contributed by atoms with Gasteiger partial charge >= 0.3 is 12.1 Å². The number of hydrogen-bond donors (Lipinski definition) is 2. The van der Waals surface area contributed by atoms with E-state index in [1.807, 2.05) is 0 Å². The summed E-state index contributed by atoms with van der Waals surface area (Å²) in [6, 6.07) is 1.03. The molecule has 0 aliphatic carbocycles. The van der Waals surface area contributed by atoms with Crippen molar-refractivity contribution in [1.82, 2.24) is 15.3 Å². The lowest BCUT2D eigenvalue weighted by molar-refractivity contribution is -0.146. The van der Waals surface area contributed by atoms with Gasteiger partial charge in [0, 0.05) is 12.8 Å². The van der Waals surface area contributed by atoms with Crippen molar-refractivity contribution in [3.05, 3.63) is 23.3 Å². The van der Waals surface area contributed by atoms with Crippen molar-refractivity contribution in [2.45, 2.75) is 25.6 Å². The van der Waals surface area contributed by atoms with Gasteiger partial charge in [0.05, 0.1) is 6.61 Å². The molecule has 1 unspecified atom stereocenters. The smallest absolute Gasteiger partial charge is 0.451 e. The van der Waals surface area contributed by atoms with Gasteiger partial charge in [0.25, 0.3) is 5.91 Å². The Balaban J connectivity index is 3.13. The molecule has 7 nitrogen and oxygen atoms in total. The predicted molar refractivity (Wildman–Crippen MR) is 67.2 cm³/mol. The first-order valence-corrected chi connectivity index (χ1v) is 5.97. The Morgan fingerprint density at radius 1 is 1.36 bits per heavy atom. The lowest BCUT2D eigenvalue weighted by atomic mass is 10.0. The summed E-state index contributed by atoms with van der Waals surface area (Å²) >= 11 is 0. The Hall–Kier alpha value is -2.23. The first kappa shape index (κ1) is 17.8. The van der Waals surface area contributed by atoms with E-state index in [4.69, 9.17) is 9.84 Å². The Kier molecular flexibility index (Phi) is 5.07. The lowest BCUT2D eigenvalue weighted by Crippen LogP contribution is -2.55. The van der Waals surface area contributed by atoms with E-state index in [0.29, 0.717) is 0 Å². The lowest BCUT2D eigenvalue weighted by Gasteiger charge is -2.25. The Labute approximate surface area is 123 Å². The summed E-state index contributed by atoms with van der Waals surface area (Å²) in [5, 5.41) is 11.2. The Bertz CT molecular complexity index is 591. The molecule has 1 atom stereocenters. The van der Waals surface area contributed by atoms with Gasteiger partial charge in [0.2, 0.25) is 5.82 Å². The molecule has 1 amide bonds. The van der Waals surface area contributed by atoms with Crippen LogP contribution in [0, 0.1) is 6.92 Å². The Morgan fingerprint density at radius 3 is 2.41 bits per heavy atom. The number of nitrogens with zero attached hydrogens (tertiary/aromatic N) is 2. The summed E-state index contributed by atoms with van der Waals surface area (Å²) in [6.07, 6.45) is -4.82. The van der Waals surface area contributed by atoms with E-state index in [1.165, 1.54) is 14.0 Å². The van der Waals surface area contributed by atoms with Crippen LogP contribution in [0.5, 0.6) is 0 Å². The minimum absolute atomic E-state index is 0.0729. The molecule has 1 aromatic rings. The van der Waals surface area contributed by atoms with Crippen molar-refractivity contribution >= 4 is 11.9 Å². The number of carbonyl (C=O) groups excluding carboxylic acids is 1. The van der Waals surface area contributed by atoms with Crippen LogP contribution in [-0.2, 0) is 15.7 Å². The van der Waals surface area contributed by atoms with Crippen LogP contribution in [-0.4, -0.2) is 46.2 Å². The first-order chi connectivity index (χ1) is 9.99. The fourth-order valence-electron chi connectivity index (χ4n) is 1.57. The number of methoxy groups -OCH3 is 1. The fraction of sp³-hybridized carbons (Fsp3) is 0.500. The topological polar surface area (TPSA) is 101 Å². The fourth-order valence-corrected chi connectivity index (χ4v) is 1.57. The minimum atomic E-state index is -4.82. The second-order valence-corrected chi connectivity index (χ2v) is 4.74. The minimum Gasteiger partial charge on any atom is -0.479 e. The van der Waals surface area contributed by atoms with Crippen LogP contribution in [0.15, 0.2) is 6.07 Å². The van der Waals surface area contributed by atoms with Gasteiger partial charge in [0.1, 0.15) is 5.69 Å². The average molecular weight is 321 g/mol. The average Bonchev–Trinajstić information content (AvgIpc) is 2.36. The summed E-state index contributed by atoms with van der Waals surface area (Å²) in [6.45, 7) is 2.05. The highest BCUT2D eigenvalue weighted by atomic mass is 19.4. The van der Waals surface area contributed by atoms with Crippen molar-refractivity contribution in [1.29, 1.82) is 0 Å². The molecule has 1 heterocycles. The van der Waals surface area contributed by atoms with Gasteiger partial charge in [-0.1, -0.05) is 0 Å². The third kappa shape index (κ3) is 4.13. The molecular weight excluding hydrogens is 307 g/mol. The van der Waals surface area contributed by atoms with E-state index < -0.39 is 35.1 Å². The zero-order valence-corrected chi connectivity index (χ0v) is 12.0. The van der Waals surface area contributed by atoms with Crippen molar-refractivity contribution in [3.63, 3.8) is 0 Å². The highest BCUT2D eigenvalue weighted by molar-refractivity contribution is 5.96. The molecule has 0 aliphatic rings. The highest BCUT2D eigenvalue weighted by Crippen LogP contribution is 2.26. The standard InChI is InChI=1S/C12H14F3N3O4/c1-6-4-7(17-9(16-6)12(13,14)15)8(19)18-11(2,5-22-3)10(20)21/h4H,5H2,1-3H3,(H,18,19)(H,20,21). The third-order valence-electron chi connectivity index (χ3n) is 2.63. The molecule has 10 heteroatoms. The van der Waals surface area contributed by atoms with Crippen LogP contribution in [0.1, 0.15) is 28.9 Å². The number of aromatic nitrogens is 2. The molecule has 0 radical (unpaired) electrons. The maximum absolute atomic E-state index is 12.6. The number of halogens is 3. The van der Waals surface area contributed by atoms with E-state index in [2.05, 4.69) is 15.3 Å². The zero-order valence-electron chi connectivity index (χ0n) is 12.0. The van der Waals surface area contributed by atoms with Gasteiger partial charge in [-0.05, 0) is 19.9 Å². The molecule has 122 valence electrons. The van der Waals surface area contributed by atoms with E-state index in [-0.39, 0.29) is 12.3 Å². The number of amides is 1. The SMILES string of the molecule is COCC(C)(NC(=O)c1cc(C)nc(C(F)(F)F)n1)C(=O)O. The van der Waals surface area contributed by atoms with Crippen LogP contribution in [0.25, 0.3) is 0 Å². The normalized spacial score (nSPS) is 14.3. The molecule has 0 spiro atoms. The maximum atomic E-state index is 12.6. The molecule has 1 rings (SSSR count). The number of carbonyl (C=O) groups is 2. The number of aliphatic carboxylic acids is 1. The predicted octanol–water partition coefficient (Wildman–Crippen LogP) is 1.02. The summed E-state index contributed by atoms with van der Waals surface area (Å²) in [5.74, 6) is -3.94. The monoisotopic (exact) mass is 321 g/mol. The third-order valence-corrected chi connectivity index (χ3v) is 2.63. The maximum Gasteiger partial charge on any atom is 0.451 e. The molecule has 0 saturated carbocycles. The highest BCUT2D eigenvalue weighted by Gasteiger charge is 2.38. The molecule has 1 aromatic heterocycles. The molecule has 22 heavy (non-hydrogen) atoms. The van der Waals surface area contributed by atoms with E-state index >= 15 is 0 Å². The molecule has 0 aromatic carbocycles. The van der Waals surface area contributed by atoms with Gasteiger partial charge in [-0.3, -0.25) is 4.79 Å². The van der Waals surface area contributed by atoms with Gasteiger partial charge in [0.15, 0.2) is 5.54 Å². The second kappa shape index (κ2) is 6.26. The molecular formula is C12H14F3N3O4. The number of carboxylic acids is 1. The van der Waals surface area contributed by atoms with E-state index in [9.17, 15) is 22.8 Å². The summed E-state index contributed by atoms with van der Waals surface area (Å²) in [4.78, 5) is 29.5. The first-order valence-electron chi connectivity index (χ1n) is 5.97. The second-order valence-electron chi connectivity index (χ2n) is 4.74. The van der Waals surface area contributed by atoms with Gasteiger partial charge < -0.3 is 15.2 Å². The van der Waals surface area contributed by atoms with Gasteiger partial charge in [-0.25, -0.2) is 14.8 Å². The molecule has 0 fully saturated rings. The van der Waals surface area contributed by atoms with Crippen LogP contribution in [0.3, 0.4) is 0 Å². The van der Waals surface area contributed by atoms with Crippen molar-refractivity contribution in [2.75, 3.05) is 13.7 Å². The van der Waals surface area contributed by atoms with E-state index in [1.54, 1.807) is 0 Å². The number of rotatable bonds is 5. The van der Waals surface area contributed by atoms with Crippen LogP contribution in [0.2, 0.25) is 0 Å². The van der Waals surface area contributed by atoms with Gasteiger partial charge in [-0.2, -0.15) is 13.2 Å². The summed E-state index contributed by atoms with van der Waals surface area (Å²) in [5.41, 5.74) is -2.46. The van der Waals surface area contributed by atoms with Crippen molar-refractivity contribution in [3.8, 4) is 0 Å². The van der Waals surface area contributed by atoms with Gasteiger partial charge in [-0.15, -0.1) is 0 Å². The zero-order chi connectivity index (χ0) is 17.1. The molecule has 0 aliphatic heterocycles. The van der Waals surface area contributed by atoms with Crippen LogP contribution in [0.4, 0.5) is 13.2 Å². The number of alkyl halides is 3. The number of aryl methyl sites for hydroxylation is 1. The molecule has 0 bridgehead atoms. The summed E-state index contributed by atoms with van der Waals surface area (Å²) in [7, 11) is 1.23. The summed E-state index contributed by atoms with van der Waals surface area (Å²) < 4.78 is 42.6. The van der Waals surface area contributed by atoms with Crippen molar-refractivity contribution < 1.29 is 32.6 Å². The number of nitrogens with one attached hydrogen (secondary N) is 1. The number of ether oxygens (including phenoxy) is 1. The number of hydrogen-bond acceptors (Lipinski definition) is 5. The van der Waals surface area contributed by atoms with E-state index in [0.717, 1.165) is 13.0 Å².